The smallest absolute Gasteiger partial charge is 0.214 e. The molecule has 14 heavy (non-hydrogen) atoms. The highest BCUT2D eigenvalue weighted by Gasteiger charge is 2.29. The second kappa shape index (κ2) is 5.09. The van der Waals surface area contributed by atoms with Crippen LogP contribution < -0.4 is 5.32 Å². The van der Waals surface area contributed by atoms with E-state index in [1.54, 1.807) is 11.4 Å². The first-order valence-corrected chi connectivity index (χ1v) is 6.79. The number of hydrogen-bond donors (Lipinski definition) is 1. The Bertz CT molecular complexity index is 260. The third kappa shape index (κ3) is 2.93. The molecule has 4 nitrogen and oxygen atoms in total. The SMILES string of the molecule is CNCCCS(=O)(=O)N(C)C1CCC1. The quantitative estimate of drug-likeness (QED) is 0.660. The number of nitrogens with one attached hydrogen (secondary N) is 1. The van der Waals surface area contributed by atoms with Crippen molar-refractivity contribution in [3.8, 4) is 0 Å². The molecule has 1 rings (SSSR count). The Morgan fingerprint density at radius 3 is 2.50 bits per heavy atom. The molecule has 1 saturated carbocycles. The third-order valence-corrected chi connectivity index (χ3v) is 4.84. The second-order valence-corrected chi connectivity index (χ2v) is 6.02. The van der Waals surface area contributed by atoms with Crippen LogP contribution >= 0.6 is 0 Å². The summed E-state index contributed by atoms with van der Waals surface area (Å²) in [6, 6.07) is 0.273. The van der Waals surface area contributed by atoms with Gasteiger partial charge >= 0.3 is 0 Å². The highest BCUT2D eigenvalue weighted by molar-refractivity contribution is 7.89. The zero-order chi connectivity index (χ0) is 10.6. The van der Waals surface area contributed by atoms with E-state index in [-0.39, 0.29) is 11.8 Å². The van der Waals surface area contributed by atoms with Gasteiger partial charge in [-0.1, -0.05) is 6.42 Å². The van der Waals surface area contributed by atoms with Crippen LogP contribution in [0.5, 0.6) is 0 Å². The van der Waals surface area contributed by atoms with Gasteiger partial charge in [0.2, 0.25) is 10.0 Å². The normalized spacial score (nSPS) is 18.5. The molecule has 0 aromatic rings. The van der Waals surface area contributed by atoms with Crippen molar-refractivity contribution >= 4 is 10.0 Å². The van der Waals surface area contributed by atoms with E-state index in [1.807, 2.05) is 7.05 Å². The first kappa shape index (κ1) is 11.9. The maximum absolute atomic E-state index is 11.7. The third-order valence-electron chi connectivity index (χ3n) is 2.86. The molecule has 0 heterocycles. The summed E-state index contributed by atoms with van der Waals surface area (Å²) in [5, 5.41) is 2.95. The lowest BCUT2D eigenvalue weighted by Crippen LogP contribution is -2.42. The van der Waals surface area contributed by atoms with Crippen molar-refractivity contribution in [1.82, 2.24) is 9.62 Å². The van der Waals surface area contributed by atoms with E-state index in [0.29, 0.717) is 6.42 Å². The molecule has 0 aliphatic heterocycles. The molecule has 1 aliphatic carbocycles. The molecular weight excluding hydrogens is 200 g/mol. The maximum atomic E-state index is 11.7. The molecule has 5 heteroatoms. The molecule has 0 saturated heterocycles. The molecule has 1 fully saturated rings. The summed E-state index contributed by atoms with van der Waals surface area (Å²) in [4.78, 5) is 0. The van der Waals surface area contributed by atoms with Crippen LogP contribution in [0.1, 0.15) is 25.7 Å². The lowest BCUT2D eigenvalue weighted by Gasteiger charge is -2.33. The van der Waals surface area contributed by atoms with E-state index in [1.165, 1.54) is 6.42 Å². The average Bonchev–Trinajstić information content (AvgIpc) is 2.01. The van der Waals surface area contributed by atoms with Crippen LogP contribution in [0.2, 0.25) is 0 Å². The van der Waals surface area contributed by atoms with Crippen molar-refractivity contribution in [3.05, 3.63) is 0 Å². The highest BCUT2D eigenvalue weighted by atomic mass is 32.2. The molecule has 0 aromatic carbocycles. The minimum Gasteiger partial charge on any atom is -0.320 e. The fourth-order valence-electron chi connectivity index (χ4n) is 1.55. The number of hydrogen-bond acceptors (Lipinski definition) is 3. The first-order chi connectivity index (χ1) is 6.58. The number of rotatable bonds is 6. The van der Waals surface area contributed by atoms with Crippen molar-refractivity contribution in [2.75, 3.05) is 26.4 Å². The fourth-order valence-corrected chi connectivity index (χ4v) is 3.01. The largest absolute Gasteiger partial charge is 0.320 e. The Hall–Kier alpha value is -0.130. The average molecular weight is 220 g/mol. The Kier molecular flexibility index (Phi) is 4.34. The Morgan fingerprint density at radius 1 is 1.43 bits per heavy atom. The Balaban J connectivity index is 2.38. The van der Waals surface area contributed by atoms with Gasteiger partial charge in [-0.15, -0.1) is 0 Å². The summed E-state index contributed by atoms with van der Waals surface area (Å²) in [7, 11) is 0.543. The molecule has 0 aromatic heterocycles. The monoisotopic (exact) mass is 220 g/mol. The zero-order valence-corrected chi connectivity index (χ0v) is 9.81. The highest BCUT2D eigenvalue weighted by Crippen LogP contribution is 2.25. The molecule has 0 amide bonds. The van der Waals surface area contributed by atoms with Crippen molar-refractivity contribution in [2.24, 2.45) is 0 Å². The summed E-state index contributed by atoms with van der Waals surface area (Å²) in [6.07, 6.45) is 3.92. The van der Waals surface area contributed by atoms with Crippen LogP contribution in [0.3, 0.4) is 0 Å². The molecule has 0 atom stereocenters. The van der Waals surface area contributed by atoms with Gasteiger partial charge in [0.25, 0.3) is 0 Å². The minimum atomic E-state index is -3.00. The Labute approximate surface area is 86.7 Å². The van der Waals surface area contributed by atoms with Crippen LogP contribution in [0, 0.1) is 0 Å². The van der Waals surface area contributed by atoms with Crippen LogP contribution in [0.15, 0.2) is 0 Å². The first-order valence-electron chi connectivity index (χ1n) is 5.18. The van der Waals surface area contributed by atoms with Crippen LogP contribution in [-0.4, -0.2) is 45.2 Å². The van der Waals surface area contributed by atoms with Crippen molar-refractivity contribution < 1.29 is 8.42 Å². The van der Waals surface area contributed by atoms with Gasteiger partial charge in [0.15, 0.2) is 0 Å². The molecule has 1 N–H and O–H groups in total. The van der Waals surface area contributed by atoms with E-state index < -0.39 is 10.0 Å². The predicted molar refractivity (Wildman–Crippen MR) is 57.7 cm³/mol. The van der Waals surface area contributed by atoms with Gasteiger partial charge in [0.1, 0.15) is 0 Å². The van der Waals surface area contributed by atoms with Gasteiger partial charge in [0, 0.05) is 13.1 Å². The molecular formula is C9H20N2O2S. The van der Waals surface area contributed by atoms with E-state index in [0.717, 1.165) is 19.4 Å². The minimum absolute atomic E-state index is 0.265. The van der Waals surface area contributed by atoms with Crippen molar-refractivity contribution in [3.63, 3.8) is 0 Å². The summed E-state index contributed by atoms with van der Waals surface area (Å²) in [5.41, 5.74) is 0. The summed E-state index contributed by atoms with van der Waals surface area (Å²) < 4.78 is 25.0. The predicted octanol–water partition coefficient (Wildman–Crippen LogP) is 0.410. The van der Waals surface area contributed by atoms with Crippen LogP contribution in [0.4, 0.5) is 0 Å². The lowest BCUT2D eigenvalue weighted by atomic mass is 9.94. The van der Waals surface area contributed by atoms with E-state index in [9.17, 15) is 8.42 Å². The van der Waals surface area contributed by atoms with Crippen LogP contribution in [0.25, 0.3) is 0 Å². The van der Waals surface area contributed by atoms with Gasteiger partial charge in [0.05, 0.1) is 5.75 Å². The van der Waals surface area contributed by atoms with E-state index in [4.69, 9.17) is 0 Å². The fraction of sp³-hybridized carbons (Fsp3) is 1.00. The topological polar surface area (TPSA) is 49.4 Å². The van der Waals surface area contributed by atoms with Gasteiger partial charge < -0.3 is 5.32 Å². The molecule has 0 spiro atoms. The Morgan fingerprint density at radius 2 is 2.07 bits per heavy atom. The van der Waals surface area contributed by atoms with Gasteiger partial charge in [-0.05, 0) is 32.9 Å². The molecule has 0 bridgehead atoms. The molecule has 84 valence electrons. The van der Waals surface area contributed by atoms with Crippen molar-refractivity contribution in [1.29, 1.82) is 0 Å². The number of nitrogens with zero attached hydrogens (tertiary/aromatic N) is 1. The molecule has 1 aliphatic rings. The van der Waals surface area contributed by atoms with Crippen molar-refractivity contribution in [2.45, 2.75) is 31.7 Å². The number of sulfonamides is 1. The summed E-state index contributed by atoms with van der Waals surface area (Å²) in [5.74, 6) is 0.265. The van der Waals surface area contributed by atoms with Gasteiger partial charge in [-0.3, -0.25) is 0 Å². The summed E-state index contributed by atoms with van der Waals surface area (Å²) in [6.45, 7) is 0.762. The molecule has 0 unspecified atom stereocenters. The second-order valence-electron chi connectivity index (χ2n) is 3.87. The zero-order valence-electron chi connectivity index (χ0n) is 8.99. The lowest BCUT2D eigenvalue weighted by molar-refractivity contribution is 0.249. The van der Waals surface area contributed by atoms with Crippen LogP contribution in [-0.2, 0) is 10.0 Å². The van der Waals surface area contributed by atoms with Gasteiger partial charge in [-0.25, -0.2) is 12.7 Å². The summed E-state index contributed by atoms with van der Waals surface area (Å²) >= 11 is 0. The maximum Gasteiger partial charge on any atom is 0.214 e. The molecule has 0 radical (unpaired) electrons. The van der Waals surface area contributed by atoms with E-state index in [2.05, 4.69) is 5.32 Å². The van der Waals surface area contributed by atoms with Gasteiger partial charge in [-0.2, -0.15) is 0 Å². The standard InChI is InChI=1S/C9H20N2O2S/c1-10-7-4-8-14(12,13)11(2)9-5-3-6-9/h9-10H,3-8H2,1-2H3. The van der Waals surface area contributed by atoms with E-state index >= 15 is 0 Å².